The number of likely N-dealkylation sites (tertiary alicyclic amines) is 2. The predicted molar refractivity (Wildman–Crippen MR) is 142 cm³/mol. The van der Waals surface area contributed by atoms with E-state index >= 15 is 0 Å². The van der Waals surface area contributed by atoms with Crippen LogP contribution in [-0.4, -0.2) is 85.7 Å². The van der Waals surface area contributed by atoms with E-state index < -0.39 is 11.7 Å². The van der Waals surface area contributed by atoms with E-state index in [9.17, 15) is 9.59 Å². The zero-order valence-corrected chi connectivity index (χ0v) is 22.8. The van der Waals surface area contributed by atoms with Crippen LogP contribution in [0.25, 0.3) is 0 Å². The van der Waals surface area contributed by atoms with Crippen molar-refractivity contribution in [3.8, 4) is 11.8 Å². The molecule has 3 heterocycles. The molecule has 3 fully saturated rings. The van der Waals surface area contributed by atoms with Crippen LogP contribution >= 0.6 is 0 Å². The minimum atomic E-state index is -0.600. The van der Waals surface area contributed by atoms with E-state index in [0.717, 1.165) is 51.9 Å². The number of nitrogens with zero attached hydrogens (tertiary/aromatic N) is 3. The van der Waals surface area contributed by atoms with Gasteiger partial charge in [-0.3, -0.25) is 0 Å². The van der Waals surface area contributed by atoms with Gasteiger partial charge in [0.15, 0.2) is 0 Å². The molecule has 10 nitrogen and oxygen atoms in total. The molecule has 1 aromatic carbocycles. The van der Waals surface area contributed by atoms with Gasteiger partial charge in [0.1, 0.15) is 24.2 Å². The average molecular weight is 528 g/mol. The molecule has 4 atom stereocenters. The summed E-state index contributed by atoms with van der Waals surface area (Å²) in [5.41, 5.74) is -0.0353. The second-order valence-corrected chi connectivity index (χ2v) is 11.7. The highest BCUT2D eigenvalue weighted by atomic mass is 16.6. The Bertz CT molecular complexity index is 969. The molecule has 3 aliphatic heterocycles. The minimum Gasteiger partial charge on any atom is -0.491 e. The first-order valence-electron chi connectivity index (χ1n) is 13.7. The number of benzene rings is 1. The molecule has 38 heavy (non-hydrogen) atoms. The molecule has 2 N–H and O–H groups in total. The first-order valence-corrected chi connectivity index (χ1v) is 13.7. The van der Waals surface area contributed by atoms with Crippen LogP contribution in [0.5, 0.6) is 5.75 Å². The van der Waals surface area contributed by atoms with E-state index in [2.05, 4.69) is 21.6 Å². The number of carbonyl (C=O) groups is 2. The Kier molecular flexibility index (Phi) is 9.34. The van der Waals surface area contributed by atoms with Crippen LogP contribution < -0.4 is 15.4 Å². The van der Waals surface area contributed by atoms with Crippen molar-refractivity contribution in [3.63, 3.8) is 0 Å². The van der Waals surface area contributed by atoms with Crippen LogP contribution in [0.3, 0.4) is 0 Å². The highest BCUT2D eigenvalue weighted by Crippen LogP contribution is 2.29. The summed E-state index contributed by atoms with van der Waals surface area (Å²) < 4.78 is 17.2. The predicted octanol–water partition coefficient (Wildman–Crippen LogP) is 3.32. The summed E-state index contributed by atoms with van der Waals surface area (Å²) in [5, 5.41) is 15.1. The van der Waals surface area contributed by atoms with Gasteiger partial charge in [-0.15, -0.1) is 0 Å². The number of ether oxygens (including phenoxy) is 3. The third-order valence-electron chi connectivity index (χ3n) is 7.04. The lowest BCUT2D eigenvalue weighted by atomic mass is 9.84. The SMILES string of the molecule is CC(C)(C)OC(=O)NC(COc1ccc(C#N)cc1)CN1CC2CC(C1)CN(C(=O)NC1CCCCO1)C2. The lowest BCUT2D eigenvalue weighted by molar-refractivity contribution is -0.00702. The lowest BCUT2D eigenvalue weighted by Crippen LogP contribution is -2.59. The first-order chi connectivity index (χ1) is 18.2. The van der Waals surface area contributed by atoms with Crippen molar-refractivity contribution in [3.05, 3.63) is 29.8 Å². The molecule has 0 radical (unpaired) electrons. The van der Waals surface area contributed by atoms with Crippen molar-refractivity contribution >= 4 is 12.1 Å². The summed E-state index contributed by atoms with van der Waals surface area (Å²) in [7, 11) is 0. The van der Waals surface area contributed by atoms with Gasteiger partial charge in [0.25, 0.3) is 0 Å². The number of urea groups is 1. The van der Waals surface area contributed by atoms with E-state index in [1.165, 1.54) is 0 Å². The van der Waals surface area contributed by atoms with Gasteiger partial charge in [-0.05, 0) is 82.6 Å². The Morgan fingerprint density at radius 1 is 1.13 bits per heavy atom. The molecule has 4 rings (SSSR count). The second-order valence-electron chi connectivity index (χ2n) is 11.7. The molecule has 3 aliphatic rings. The number of amides is 3. The van der Waals surface area contributed by atoms with Crippen LogP contribution in [0.15, 0.2) is 24.3 Å². The highest BCUT2D eigenvalue weighted by molar-refractivity contribution is 5.74. The topological polar surface area (TPSA) is 116 Å². The number of hydrogen-bond acceptors (Lipinski definition) is 7. The summed E-state index contributed by atoms with van der Waals surface area (Å²) in [4.78, 5) is 29.8. The smallest absolute Gasteiger partial charge is 0.408 e. The molecule has 208 valence electrons. The molecule has 0 saturated carbocycles. The van der Waals surface area contributed by atoms with Gasteiger partial charge >= 0.3 is 12.1 Å². The van der Waals surface area contributed by atoms with Crippen LogP contribution in [0, 0.1) is 23.2 Å². The molecule has 3 amide bonds. The Morgan fingerprint density at radius 2 is 1.84 bits per heavy atom. The van der Waals surface area contributed by atoms with Gasteiger partial charge in [-0.2, -0.15) is 5.26 Å². The van der Waals surface area contributed by atoms with Crippen LogP contribution in [0.4, 0.5) is 9.59 Å². The molecule has 0 spiro atoms. The molecule has 1 aromatic rings. The van der Waals surface area contributed by atoms with Crippen LogP contribution in [0.1, 0.15) is 52.0 Å². The number of carbonyl (C=O) groups excluding carboxylic acids is 2. The van der Waals surface area contributed by atoms with Gasteiger partial charge in [0.05, 0.1) is 17.7 Å². The molecular formula is C28H41N5O5. The summed E-state index contributed by atoms with van der Waals surface area (Å²) in [6.45, 7) is 10.2. The normalized spacial score (nSPS) is 24.6. The van der Waals surface area contributed by atoms with E-state index in [0.29, 0.717) is 36.3 Å². The molecule has 0 aliphatic carbocycles. The third-order valence-corrected chi connectivity index (χ3v) is 7.04. The second kappa shape index (κ2) is 12.7. The Balaban J connectivity index is 1.32. The Labute approximate surface area is 225 Å². The zero-order valence-electron chi connectivity index (χ0n) is 22.8. The largest absolute Gasteiger partial charge is 0.491 e. The summed E-state index contributed by atoms with van der Waals surface area (Å²) in [5.74, 6) is 1.39. The molecular weight excluding hydrogens is 486 g/mol. The fourth-order valence-electron chi connectivity index (χ4n) is 5.53. The van der Waals surface area contributed by atoms with Crippen LogP contribution in [0.2, 0.25) is 0 Å². The van der Waals surface area contributed by atoms with Gasteiger partial charge in [0.2, 0.25) is 0 Å². The molecule has 4 unspecified atom stereocenters. The quantitative estimate of drug-likeness (QED) is 0.559. The highest BCUT2D eigenvalue weighted by Gasteiger charge is 2.37. The lowest BCUT2D eigenvalue weighted by Gasteiger charge is -2.46. The third kappa shape index (κ3) is 8.50. The van der Waals surface area contributed by atoms with E-state index in [1.54, 1.807) is 24.3 Å². The summed E-state index contributed by atoms with van der Waals surface area (Å²) in [6.07, 6.45) is 3.46. The summed E-state index contributed by atoms with van der Waals surface area (Å²) >= 11 is 0. The van der Waals surface area contributed by atoms with Gasteiger partial charge in [-0.25, -0.2) is 9.59 Å². The molecule has 2 bridgehead atoms. The maximum absolute atomic E-state index is 12.9. The zero-order chi connectivity index (χ0) is 27.1. The van der Waals surface area contributed by atoms with Crippen molar-refractivity contribution < 1.29 is 23.8 Å². The number of fused-ring (bicyclic) bond motifs is 2. The van der Waals surface area contributed by atoms with E-state index in [-0.39, 0.29) is 24.9 Å². The van der Waals surface area contributed by atoms with E-state index in [1.807, 2.05) is 25.7 Å². The monoisotopic (exact) mass is 527 g/mol. The van der Waals surface area contributed by atoms with Crippen molar-refractivity contribution in [2.24, 2.45) is 11.8 Å². The molecule has 3 saturated heterocycles. The molecule has 10 heteroatoms. The maximum atomic E-state index is 12.9. The average Bonchev–Trinajstić information content (AvgIpc) is 2.86. The Hall–Kier alpha value is -3.03. The minimum absolute atomic E-state index is 0.0275. The molecule has 0 aromatic heterocycles. The van der Waals surface area contributed by atoms with Crippen molar-refractivity contribution in [2.75, 3.05) is 45.9 Å². The standard InChI is InChI=1S/C28H41N5O5/c1-28(2,3)38-27(35)30-23(19-37-24-9-7-20(13-29)8-10-24)18-32-14-21-12-22(15-32)17-33(16-21)26(34)31-25-6-4-5-11-36-25/h7-10,21-23,25H,4-6,11-12,14-19H2,1-3H3,(H,30,35)(H,31,34). The van der Waals surface area contributed by atoms with Gasteiger partial charge in [-0.1, -0.05) is 0 Å². The van der Waals surface area contributed by atoms with Crippen molar-refractivity contribution in [1.82, 2.24) is 20.4 Å². The fraction of sp³-hybridized carbons (Fsp3) is 0.679. The van der Waals surface area contributed by atoms with Crippen molar-refractivity contribution in [2.45, 2.75) is 64.3 Å². The number of nitriles is 1. The fourth-order valence-corrected chi connectivity index (χ4v) is 5.53. The number of hydrogen-bond donors (Lipinski definition) is 2. The number of nitrogens with one attached hydrogen (secondary N) is 2. The Morgan fingerprint density at radius 3 is 2.45 bits per heavy atom. The maximum Gasteiger partial charge on any atom is 0.408 e. The number of alkyl carbamates (subject to hydrolysis) is 1. The van der Waals surface area contributed by atoms with Gasteiger partial charge < -0.3 is 34.6 Å². The van der Waals surface area contributed by atoms with Crippen LogP contribution in [-0.2, 0) is 9.47 Å². The van der Waals surface area contributed by atoms with Gasteiger partial charge in [0, 0.05) is 39.3 Å². The number of rotatable bonds is 7. The van der Waals surface area contributed by atoms with E-state index in [4.69, 9.17) is 19.5 Å². The first kappa shape index (κ1) is 28.0. The number of piperidine rings is 2. The summed E-state index contributed by atoms with van der Waals surface area (Å²) in [6, 6.07) is 8.71. The van der Waals surface area contributed by atoms with Crippen molar-refractivity contribution in [1.29, 1.82) is 5.26 Å².